The van der Waals surface area contributed by atoms with Crippen LogP contribution < -0.4 is 0 Å². The van der Waals surface area contributed by atoms with Gasteiger partial charge >= 0.3 is 16.2 Å². The predicted molar refractivity (Wildman–Crippen MR) is 104 cm³/mol. The Bertz CT molecular complexity index is 1000. The van der Waals surface area contributed by atoms with Gasteiger partial charge in [0.25, 0.3) is 0 Å². The molecule has 0 unspecified atom stereocenters. The van der Waals surface area contributed by atoms with Crippen LogP contribution in [0.2, 0.25) is 0 Å². The summed E-state index contributed by atoms with van der Waals surface area (Å²) in [6.45, 7) is 8.56. The molecule has 0 bridgehead atoms. The highest BCUT2D eigenvalue weighted by Gasteiger charge is 2.26. The first-order valence-electron chi connectivity index (χ1n) is 8.41. The van der Waals surface area contributed by atoms with Gasteiger partial charge in [-0.3, -0.25) is 0 Å². The van der Waals surface area contributed by atoms with Gasteiger partial charge in [0.2, 0.25) is 0 Å². The van der Waals surface area contributed by atoms with Gasteiger partial charge in [-0.05, 0) is 73.6 Å². The maximum atomic E-state index is 13.9. The molecule has 0 aliphatic carbocycles. The van der Waals surface area contributed by atoms with Crippen molar-refractivity contribution in [2.24, 2.45) is 0 Å². The van der Waals surface area contributed by atoms with E-state index >= 15 is 0 Å². The van der Waals surface area contributed by atoms with Crippen LogP contribution in [0.15, 0.2) is 35.2 Å². The summed E-state index contributed by atoms with van der Waals surface area (Å²) in [5.41, 5.74) is 5.02. The maximum absolute atomic E-state index is 13.9. The topological polar surface area (TPSA) is 60.4 Å². The Morgan fingerprint density at radius 1 is 0.926 bits per heavy atom. The minimum atomic E-state index is -4.86. The fourth-order valence-corrected chi connectivity index (χ4v) is 4.30. The Morgan fingerprint density at radius 2 is 1.41 bits per heavy atom. The van der Waals surface area contributed by atoms with Crippen LogP contribution >= 0.6 is 0 Å². The maximum Gasteiger partial charge on any atom is 0.332 e. The van der Waals surface area contributed by atoms with Crippen LogP contribution in [0.1, 0.15) is 38.9 Å². The van der Waals surface area contributed by atoms with E-state index in [1.807, 2.05) is 31.2 Å². The smallest absolute Gasteiger partial charge is 0.332 e. The molecule has 6 heteroatoms. The van der Waals surface area contributed by atoms with E-state index in [9.17, 15) is 17.1 Å². The standard InChI is InChI=1S/C21H23FO4S/c1-12-7-9-17(10-8-12)18(11-19(23)26-6)20-13(2)15(4)21(27(22,24)25)16(5)14(20)3/h7-11H,1-6H3/b18-11+. The lowest BCUT2D eigenvalue weighted by atomic mass is 9.86. The monoisotopic (exact) mass is 390 g/mol. The van der Waals surface area contributed by atoms with Crippen molar-refractivity contribution in [2.75, 3.05) is 7.11 Å². The number of hydrogen-bond donors (Lipinski definition) is 0. The zero-order chi connectivity index (χ0) is 20.5. The molecule has 4 nitrogen and oxygen atoms in total. The van der Waals surface area contributed by atoms with Gasteiger partial charge in [0.15, 0.2) is 0 Å². The SMILES string of the molecule is COC(=O)/C=C(\c1ccc(C)cc1)c1c(C)c(C)c(S(=O)(=O)F)c(C)c1C. The van der Waals surface area contributed by atoms with Gasteiger partial charge in [0.05, 0.1) is 7.11 Å². The summed E-state index contributed by atoms with van der Waals surface area (Å²) in [5.74, 6) is -0.526. The fraction of sp³-hybridized carbons (Fsp3) is 0.286. The zero-order valence-electron chi connectivity index (χ0n) is 16.3. The molecule has 0 radical (unpaired) electrons. The molecule has 0 saturated carbocycles. The number of aryl methyl sites for hydroxylation is 1. The molecule has 0 amide bonds. The third-order valence-electron chi connectivity index (χ3n) is 4.90. The first kappa shape index (κ1) is 20.8. The van der Waals surface area contributed by atoms with Crippen LogP contribution in [0.3, 0.4) is 0 Å². The Kier molecular flexibility index (Phi) is 5.90. The van der Waals surface area contributed by atoms with E-state index in [0.717, 1.165) is 11.1 Å². The van der Waals surface area contributed by atoms with E-state index in [2.05, 4.69) is 0 Å². The van der Waals surface area contributed by atoms with Gasteiger partial charge in [-0.2, -0.15) is 8.42 Å². The molecule has 0 aliphatic heterocycles. The zero-order valence-corrected chi connectivity index (χ0v) is 17.1. The van der Waals surface area contributed by atoms with Crippen LogP contribution in [0.25, 0.3) is 5.57 Å². The van der Waals surface area contributed by atoms with Crippen molar-refractivity contribution < 1.29 is 21.8 Å². The molecule has 2 rings (SSSR count). The van der Waals surface area contributed by atoms with Crippen molar-refractivity contribution in [3.05, 3.63) is 69.3 Å². The van der Waals surface area contributed by atoms with E-state index in [4.69, 9.17) is 4.74 Å². The normalized spacial score (nSPS) is 12.2. The number of ether oxygens (including phenoxy) is 1. The van der Waals surface area contributed by atoms with Crippen molar-refractivity contribution in [1.29, 1.82) is 0 Å². The van der Waals surface area contributed by atoms with Crippen LogP contribution in [-0.4, -0.2) is 21.5 Å². The van der Waals surface area contributed by atoms with Crippen LogP contribution in [0, 0.1) is 34.6 Å². The Morgan fingerprint density at radius 3 is 1.81 bits per heavy atom. The third kappa shape index (κ3) is 4.11. The molecule has 0 heterocycles. The van der Waals surface area contributed by atoms with Crippen molar-refractivity contribution in [3.8, 4) is 0 Å². The minimum Gasteiger partial charge on any atom is -0.466 e. The number of carbonyl (C=O) groups excluding carboxylic acids is 1. The first-order valence-corrected chi connectivity index (χ1v) is 9.79. The summed E-state index contributed by atoms with van der Waals surface area (Å²) in [6, 6.07) is 7.61. The quantitative estimate of drug-likeness (QED) is 0.438. The van der Waals surface area contributed by atoms with Gasteiger partial charge in [0.1, 0.15) is 4.90 Å². The Hall–Kier alpha value is -2.47. The number of methoxy groups -OCH3 is 1. The van der Waals surface area contributed by atoms with Crippen molar-refractivity contribution in [3.63, 3.8) is 0 Å². The van der Waals surface area contributed by atoms with Gasteiger partial charge in [-0.1, -0.05) is 29.8 Å². The average Bonchev–Trinajstić information content (AvgIpc) is 2.59. The highest BCUT2D eigenvalue weighted by Crippen LogP contribution is 2.37. The molecule has 0 saturated heterocycles. The number of esters is 1. The fourth-order valence-electron chi connectivity index (χ4n) is 3.26. The van der Waals surface area contributed by atoms with E-state index in [0.29, 0.717) is 33.4 Å². The lowest BCUT2D eigenvalue weighted by Crippen LogP contribution is -2.09. The number of hydrogen-bond acceptors (Lipinski definition) is 4. The second-order valence-electron chi connectivity index (χ2n) is 6.59. The van der Waals surface area contributed by atoms with E-state index < -0.39 is 16.2 Å². The predicted octanol–water partition coefficient (Wildman–Crippen LogP) is 4.49. The summed E-state index contributed by atoms with van der Waals surface area (Å²) in [6.07, 6.45) is 1.38. The summed E-state index contributed by atoms with van der Waals surface area (Å²) >= 11 is 0. The summed E-state index contributed by atoms with van der Waals surface area (Å²) in [5, 5.41) is 0. The Balaban J connectivity index is 2.91. The Labute approximate surface area is 159 Å². The lowest BCUT2D eigenvalue weighted by Gasteiger charge is -2.21. The van der Waals surface area contributed by atoms with Gasteiger partial charge in [-0.15, -0.1) is 3.89 Å². The van der Waals surface area contributed by atoms with Crippen molar-refractivity contribution >= 4 is 21.8 Å². The molecule has 2 aromatic rings. The third-order valence-corrected chi connectivity index (χ3v) is 6.00. The summed E-state index contributed by atoms with van der Waals surface area (Å²) < 4.78 is 41.9. The van der Waals surface area contributed by atoms with E-state index in [-0.39, 0.29) is 4.90 Å². The van der Waals surface area contributed by atoms with Crippen molar-refractivity contribution in [2.45, 2.75) is 39.5 Å². The summed E-state index contributed by atoms with van der Waals surface area (Å²) in [4.78, 5) is 11.7. The number of benzene rings is 2. The molecule has 144 valence electrons. The molecule has 0 aromatic heterocycles. The number of carbonyl (C=O) groups is 1. The highest BCUT2D eigenvalue weighted by molar-refractivity contribution is 7.86. The highest BCUT2D eigenvalue weighted by atomic mass is 32.3. The largest absolute Gasteiger partial charge is 0.466 e. The van der Waals surface area contributed by atoms with E-state index in [1.54, 1.807) is 27.7 Å². The number of rotatable bonds is 4. The molecular formula is C21H23FO4S. The lowest BCUT2D eigenvalue weighted by molar-refractivity contribution is -0.134. The van der Waals surface area contributed by atoms with Crippen LogP contribution in [0.4, 0.5) is 3.89 Å². The van der Waals surface area contributed by atoms with Crippen molar-refractivity contribution in [1.82, 2.24) is 0 Å². The average molecular weight is 390 g/mol. The van der Waals surface area contributed by atoms with Gasteiger partial charge in [0, 0.05) is 6.08 Å². The van der Waals surface area contributed by atoms with Crippen LogP contribution in [0.5, 0.6) is 0 Å². The van der Waals surface area contributed by atoms with E-state index in [1.165, 1.54) is 13.2 Å². The van der Waals surface area contributed by atoms with Gasteiger partial charge in [-0.25, -0.2) is 4.79 Å². The molecule has 0 N–H and O–H groups in total. The molecule has 2 aromatic carbocycles. The van der Waals surface area contributed by atoms with Crippen LogP contribution in [-0.2, 0) is 19.8 Å². The first-order chi connectivity index (χ1) is 12.5. The molecular weight excluding hydrogens is 367 g/mol. The molecule has 27 heavy (non-hydrogen) atoms. The second kappa shape index (κ2) is 7.64. The minimum absolute atomic E-state index is 0.303. The summed E-state index contributed by atoms with van der Waals surface area (Å²) in [7, 11) is -3.57. The molecule has 0 aliphatic rings. The molecule has 0 spiro atoms. The molecule has 0 atom stereocenters. The molecule has 0 fully saturated rings. The second-order valence-corrected chi connectivity index (χ2v) is 7.87. The number of halogens is 1. The van der Waals surface area contributed by atoms with Gasteiger partial charge < -0.3 is 4.74 Å².